The Kier molecular flexibility index (Phi) is 9.43. The standard InChI is InChI=1S/C30H26O9/c1-2-18-35-30-26(39-29(34)22-16-10-5-11-17-22)25(38-28(33)21-14-8-4-9-15-21)24(31)23(37-30)19-36-27(32)20-12-6-3-7-13-20/h1,3-17,23-26,30-31H,18-19H2/t23?,24-,25?,26-,30+/m0/s1. The Hall–Kier alpha value is -4.49. The molecule has 0 saturated carbocycles. The lowest BCUT2D eigenvalue weighted by Crippen LogP contribution is -2.62. The minimum absolute atomic E-state index is 0.206. The molecule has 0 aliphatic carbocycles. The van der Waals surface area contributed by atoms with Crippen molar-refractivity contribution in [2.45, 2.75) is 30.7 Å². The second-order valence-electron chi connectivity index (χ2n) is 8.49. The molecular formula is C30H26O9. The smallest absolute Gasteiger partial charge is 0.338 e. The van der Waals surface area contributed by atoms with Gasteiger partial charge in [0.2, 0.25) is 0 Å². The van der Waals surface area contributed by atoms with Crippen molar-refractivity contribution < 1.29 is 43.2 Å². The van der Waals surface area contributed by atoms with Crippen LogP contribution in [-0.4, -0.2) is 66.9 Å². The average Bonchev–Trinajstić information content (AvgIpc) is 2.99. The third-order valence-electron chi connectivity index (χ3n) is 5.84. The summed E-state index contributed by atoms with van der Waals surface area (Å²) in [6, 6.07) is 24.4. The molecule has 2 unspecified atom stereocenters. The Balaban J connectivity index is 1.59. The molecule has 1 N–H and O–H groups in total. The first kappa shape index (κ1) is 27.5. The highest BCUT2D eigenvalue weighted by molar-refractivity contribution is 5.90. The quantitative estimate of drug-likeness (QED) is 0.253. The number of hydrogen-bond donors (Lipinski definition) is 1. The SMILES string of the molecule is C#CCO[C@@H]1OC(COC(=O)c2ccccc2)[C@H](O)C(OC(=O)c2ccccc2)[C@@H]1OC(=O)c1ccccc1. The van der Waals surface area contributed by atoms with E-state index in [-0.39, 0.29) is 17.7 Å². The normalized spacial score (nSPS) is 22.2. The molecule has 0 amide bonds. The van der Waals surface area contributed by atoms with Crippen molar-refractivity contribution in [3.63, 3.8) is 0 Å². The number of benzene rings is 3. The van der Waals surface area contributed by atoms with E-state index in [1.54, 1.807) is 66.7 Å². The minimum Gasteiger partial charge on any atom is -0.459 e. The van der Waals surface area contributed by atoms with E-state index in [9.17, 15) is 19.5 Å². The first-order valence-corrected chi connectivity index (χ1v) is 12.1. The molecule has 1 aliphatic rings. The lowest BCUT2D eigenvalue weighted by Gasteiger charge is -2.42. The van der Waals surface area contributed by atoms with Crippen LogP contribution in [0.5, 0.6) is 0 Å². The van der Waals surface area contributed by atoms with Crippen molar-refractivity contribution >= 4 is 17.9 Å². The van der Waals surface area contributed by atoms with Gasteiger partial charge in [0.25, 0.3) is 0 Å². The van der Waals surface area contributed by atoms with Crippen LogP contribution in [0.25, 0.3) is 0 Å². The van der Waals surface area contributed by atoms with Gasteiger partial charge in [0.15, 0.2) is 18.5 Å². The van der Waals surface area contributed by atoms with E-state index in [0.29, 0.717) is 5.56 Å². The second kappa shape index (κ2) is 13.3. The second-order valence-corrected chi connectivity index (χ2v) is 8.49. The van der Waals surface area contributed by atoms with E-state index in [0.717, 1.165) is 0 Å². The molecule has 39 heavy (non-hydrogen) atoms. The Labute approximate surface area is 225 Å². The highest BCUT2D eigenvalue weighted by Crippen LogP contribution is 2.29. The van der Waals surface area contributed by atoms with E-state index >= 15 is 0 Å². The molecule has 3 aromatic rings. The summed E-state index contributed by atoms with van der Waals surface area (Å²) in [6.45, 7) is -0.653. The fraction of sp³-hybridized carbons (Fsp3) is 0.233. The lowest BCUT2D eigenvalue weighted by atomic mass is 9.98. The Morgan fingerprint density at radius 1 is 0.744 bits per heavy atom. The van der Waals surface area contributed by atoms with Gasteiger partial charge in [0, 0.05) is 0 Å². The molecule has 1 fully saturated rings. The first-order valence-electron chi connectivity index (χ1n) is 12.1. The number of esters is 3. The predicted molar refractivity (Wildman–Crippen MR) is 137 cm³/mol. The minimum atomic E-state index is -1.57. The van der Waals surface area contributed by atoms with Gasteiger partial charge in [-0.2, -0.15) is 0 Å². The Bertz CT molecular complexity index is 1290. The van der Waals surface area contributed by atoms with E-state index in [1.807, 2.05) is 0 Å². The maximum absolute atomic E-state index is 13.0. The zero-order chi connectivity index (χ0) is 27.6. The third-order valence-corrected chi connectivity index (χ3v) is 5.84. The van der Waals surface area contributed by atoms with Crippen LogP contribution < -0.4 is 0 Å². The van der Waals surface area contributed by atoms with E-state index in [1.165, 1.54) is 24.3 Å². The molecule has 1 saturated heterocycles. The molecule has 1 heterocycles. The monoisotopic (exact) mass is 530 g/mol. The van der Waals surface area contributed by atoms with Crippen LogP contribution in [0.4, 0.5) is 0 Å². The summed E-state index contributed by atoms with van der Waals surface area (Å²) in [5.41, 5.74) is 0.719. The van der Waals surface area contributed by atoms with Crippen molar-refractivity contribution in [2.24, 2.45) is 0 Å². The molecule has 9 nitrogen and oxygen atoms in total. The van der Waals surface area contributed by atoms with Gasteiger partial charge in [-0.15, -0.1) is 6.42 Å². The summed E-state index contributed by atoms with van der Waals surface area (Å²) in [4.78, 5) is 38.4. The fourth-order valence-corrected chi connectivity index (χ4v) is 3.90. The van der Waals surface area contributed by atoms with Crippen LogP contribution in [0.3, 0.4) is 0 Å². The maximum atomic E-state index is 13.0. The molecule has 3 aromatic carbocycles. The highest BCUT2D eigenvalue weighted by atomic mass is 16.7. The molecule has 0 spiro atoms. The van der Waals surface area contributed by atoms with Gasteiger partial charge in [0.05, 0.1) is 16.7 Å². The number of terminal acetylenes is 1. The van der Waals surface area contributed by atoms with Gasteiger partial charge in [-0.3, -0.25) is 0 Å². The molecule has 9 heteroatoms. The van der Waals surface area contributed by atoms with Gasteiger partial charge in [-0.05, 0) is 36.4 Å². The van der Waals surface area contributed by atoms with Gasteiger partial charge < -0.3 is 28.8 Å². The first-order chi connectivity index (χ1) is 19.0. The Morgan fingerprint density at radius 2 is 1.21 bits per heavy atom. The molecule has 200 valence electrons. The van der Waals surface area contributed by atoms with Gasteiger partial charge in [-0.1, -0.05) is 60.5 Å². The fourth-order valence-electron chi connectivity index (χ4n) is 3.90. The third kappa shape index (κ3) is 7.09. The van der Waals surface area contributed by atoms with Crippen LogP contribution in [0.15, 0.2) is 91.0 Å². The van der Waals surface area contributed by atoms with Crippen LogP contribution in [0.1, 0.15) is 31.1 Å². The molecule has 0 bridgehead atoms. The predicted octanol–water partition coefficient (Wildman–Crippen LogP) is 3.03. The van der Waals surface area contributed by atoms with Crippen LogP contribution in [0.2, 0.25) is 0 Å². The zero-order valence-corrected chi connectivity index (χ0v) is 20.8. The van der Waals surface area contributed by atoms with Crippen LogP contribution in [-0.2, 0) is 23.7 Å². The summed E-state index contributed by atoms with van der Waals surface area (Å²) in [7, 11) is 0. The van der Waals surface area contributed by atoms with Gasteiger partial charge >= 0.3 is 17.9 Å². The summed E-state index contributed by atoms with van der Waals surface area (Å²) in [5, 5.41) is 11.2. The molecule has 0 aromatic heterocycles. The number of ether oxygens (including phenoxy) is 5. The Morgan fingerprint density at radius 3 is 1.69 bits per heavy atom. The van der Waals surface area contributed by atoms with Crippen molar-refractivity contribution in [1.82, 2.24) is 0 Å². The zero-order valence-electron chi connectivity index (χ0n) is 20.8. The number of hydrogen-bond acceptors (Lipinski definition) is 9. The summed E-state index contributed by atoms with van der Waals surface area (Å²) < 4.78 is 28.1. The maximum Gasteiger partial charge on any atom is 0.338 e. The topological polar surface area (TPSA) is 118 Å². The molecular weight excluding hydrogens is 504 g/mol. The van der Waals surface area contributed by atoms with Gasteiger partial charge in [0.1, 0.15) is 25.4 Å². The highest BCUT2D eigenvalue weighted by Gasteiger charge is 2.51. The van der Waals surface area contributed by atoms with Crippen molar-refractivity contribution in [1.29, 1.82) is 0 Å². The number of rotatable bonds is 9. The average molecular weight is 531 g/mol. The summed E-state index contributed by atoms with van der Waals surface area (Å²) in [6.07, 6.45) is -1.64. The van der Waals surface area contributed by atoms with E-state index in [2.05, 4.69) is 5.92 Å². The largest absolute Gasteiger partial charge is 0.459 e. The van der Waals surface area contributed by atoms with Gasteiger partial charge in [-0.25, -0.2) is 14.4 Å². The molecule has 1 aliphatic heterocycles. The van der Waals surface area contributed by atoms with Crippen molar-refractivity contribution in [2.75, 3.05) is 13.2 Å². The van der Waals surface area contributed by atoms with E-state index in [4.69, 9.17) is 30.1 Å². The summed E-state index contributed by atoms with van der Waals surface area (Å²) >= 11 is 0. The number of carbonyl (C=O) groups excluding carboxylic acids is 3. The molecule has 4 rings (SSSR count). The van der Waals surface area contributed by atoms with E-state index < -0.39 is 55.2 Å². The summed E-state index contributed by atoms with van der Waals surface area (Å²) in [5.74, 6) is 0.108. The van der Waals surface area contributed by atoms with Crippen LogP contribution >= 0.6 is 0 Å². The van der Waals surface area contributed by atoms with Crippen LogP contribution in [0, 0.1) is 12.3 Å². The number of aliphatic hydroxyl groups excluding tert-OH is 1. The molecule has 5 atom stereocenters. The molecule has 0 radical (unpaired) electrons. The number of carbonyl (C=O) groups is 3. The van der Waals surface area contributed by atoms with Crippen molar-refractivity contribution in [3.05, 3.63) is 108 Å². The lowest BCUT2D eigenvalue weighted by molar-refractivity contribution is -0.296. The number of aliphatic hydroxyl groups is 1. The van der Waals surface area contributed by atoms with Crippen molar-refractivity contribution in [3.8, 4) is 12.3 Å².